The van der Waals surface area contributed by atoms with Gasteiger partial charge in [-0.25, -0.2) is 0 Å². The van der Waals surface area contributed by atoms with Crippen molar-refractivity contribution in [3.05, 3.63) is 23.8 Å². The highest BCUT2D eigenvalue weighted by molar-refractivity contribution is 5.54. The van der Waals surface area contributed by atoms with Gasteiger partial charge in [0.1, 0.15) is 11.9 Å². The summed E-state index contributed by atoms with van der Waals surface area (Å²) in [6.45, 7) is 10.1. The highest BCUT2D eigenvalue weighted by atomic mass is 16.5. The molecule has 0 spiro atoms. The minimum Gasteiger partial charge on any atom is -0.489 e. The van der Waals surface area contributed by atoms with Gasteiger partial charge in [0.25, 0.3) is 0 Å². The van der Waals surface area contributed by atoms with Gasteiger partial charge in [0, 0.05) is 18.8 Å². The van der Waals surface area contributed by atoms with E-state index >= 15 is 0 Å². The molecule has 3 heteroatoms. The molecule has 22 heavy (non-hydrogen) atoms. The molecule has 3 nitrogen and oxygen atoms in total. The minimum absolute atomic E-state index is 0.335. The number of nitrogens with zero attached hydrogens (tertiary/aromatic N) is 1. The Morgan fingerprint density at radius 1 is 1.36 bits per heavy atom. The Morgan fingerprint density at radius 3 is 2.86 bits per heavy atom. The predicted octanol–water partition coefficient (Wildman–Crippen LogP) is 3.89. The van der Waals surface area contributed by atoms with Gasteiger partial charge in [-0.15, -0.1) is 0 Å². The number of hydrogen-bond donors (Lipinski definition) is 1. The summed E-state index contributed by atoms with van der Waals surface area (Å²) >= 11 is 0. The van der Waals surface area contributed by atoms with Crippen molar-refractivity contribution in [3.8, 4) is 5.75 Å². The molecule has 0 radical (unpaired) electrons. The molecule has 0 bridgehead atoms. The quantitative estimate of drug-likeness (QED) is 0.810. The molecular weight excluding hydrogens is 272 g/mol. The third-order valence-corrected chi connectivity index (χ3v) is 5.13. The standard InChI is InChI=1S/C19H30N2O/c1-4-21-8-7-16(12-21)22-15-5-6-19(20)18(11-15)17-10-14(17)9-13(2)3/h5-6,11,13-14,16-17H,4,7-10,12,20H2,1-3H3. The average molecular weight is 302 g/mol. The van der Waals surface area contributed by atoms with Crippen molar-refractivity contribution in [2.24, 2.45) is 11.8 Å². The van der Waals surface area contributed by atoms with Crippen molar-refractivity contribution in [2.45, 2.75) is 52.1 Å². The lowest BCUT2D eigenvalue weighted by Gasteiger charge is -2.16. The largest absolute Gasteiger partial charge is 0.489 e. The number of ether oxygens (including phenoxy) is 1. The first-order chi connectivity index (χ1) is 10.6. The molecule has 2 aliphatic rings. The van der Waals surface area contributed by atoms with Gasteiger partial charge in [-0.2, -0.15) is 0 Å². The van der Waals surface area contributed by atoms with E-state index in [1.54, 1.807) is 0 Å². The molecule has 1 aromatic rings. The monoisotopic (exact) mass is 302 g/mol. The summed E-state index contributed by atoms with van der Waals surface area (Å²) in [6, 6.07) is 6.27. The molecule has 3 rings (SSSR count). The molecule has 1 saturated heterocycles. The normalized spacial score (nSPS) is 28.3. The minimum atomic E-state index is 0.335. The van der Waals surface area contributed by atoms with Crippen molar-refractivity contribution < 1.29 is 4.74 Å². The van der Waals surface area contributed by atoms with Crippen molar-refractivity contribution in [3.63, 3.8) is 0 Å². The number of likely N-dealkylation sites (tertiary alicyclic amines) is 1. The Bertz CT molecular complexity index is 514. The van der Waals surface area contributed by atoms with Gasteiger partial charge in [0.2, 0.25) is 0 Å². The van der Waals surface area contributed by atoms with E-state index in [-0.39, 0.29) is 0 Å². The molecule has 2 N–H and O–H groups in total. The Kier molecular flexibility index (Phi) is 4.62. The fourth-order valence-electron chi connectivity index (χ4n) is 3.81. The zero-order valence-electron chi connectivity index (χ0n) is 14.2. The van der Waals surface area contributed by atoms with Gasteiger partial charge >= 0.3 is 0 Å². The van der Waals surface area contributed by atoms with Crippen LogP contribution in [0.4, 0.5) is 5.69 Å². The van der Waals surface area contributed by atoms with E-state index in [0.717, 1.165) is 49.3 Å². The number of nitrogen functional groups attached to an aromatic ring is 1. The Balaban J connectivity index is 1.64. The first-order valence-electron chi connectivity index (χ1n) is 8.85. The second kappa shape index (κ2) is 6.49. The summed E-state index contributed by atoms with van der Waals surface area (Å²) in [5.74, 6) is 3.25. The van der Waals surface area contributed by atoms with Crippen LogP contribution in [0, 0.1) is 11.8 Å². The maximum absolute atomic E-state index is 6.21. The van der Waals surface area contributed by atoms with Crippen LogP contribution in [0.3, 0.4) is 0 Å². The van der Waals surface area contributed by atoms with Gasteiger partial charge in [0.05, 0.1) is 0 Å². The lowest BCUT2D eigenvalue weighted by atomic mass is 10.0. The Labute approximate surface area is 134 Å². The number of likely N-dealkylation sites (N-methyl/N-ethyl adjacent to an activating group) is 1. The van der Waals surface area contributed by atoms with Crippen molar-refractivity contribution in [2.75, 3.05) is 25.4 Å². The van der Waals surface area contributed by atoms with Gasteiger partial charge in [-0.3, -0.25) is 4.90 Å². The van der Waals surface area contributed by atoms with E-state index in [0.29, 0.717) is 12.0 Å². The van der Waals surface area contributed by atoms with Gasteiger partial charge in [0.15, 0.2) is 0 Å². The third-order valence-electron chi connectivity index (χ3n) is 5.13. The topological polar surface area (TPSA) is 38.5 Å². The predicted molar refractivity (Wildman–Crippen MR) is 92.3 cm³/mol. The zero-order chi connectivity index (χ0) is 15.7. The molecular formula is C19H30N2O. The number of hydrogen-bond acceptors (Lipinski definition) is 3. The molecule has 1 heterocycles. The first-order valence-corrected chi connectivity index (χ1v) is 8.85. The van der Waals surface area contributed by atoms with E-state index in [4.69, 9.17) is 10.5 Å². The van der Waals surface area contributed by atoms with Gasteiger partial charge in [-0.1, -0.05) is 20.8 Å². The van der Waals surface area contributed by atoms with E-state index in [2.05, 4.69) is 31.7 Å². The average Bonchev–Trinajstić information content (AvgIpc) is 3.07. The molecule has 3 unspecified atom stereocenters. The third kappa shape index (κ3) is 3.57. The lowest BCUT2D eigenvalue weighted by molar-refractivity contribution is 0.202. The van der Waals surface area contributed by atoms with E-state index in [1.165, 1.54) is 18.4 Å². The van der Waals surface area contributed by atoms with E-state index in [1.807, 2.05) is 12.1 Å². The van der Waals surface area contributed by atoms with Crippen LogP contribution in [0.2, 0.25) is 0 Å². The number of benzene rings is 1. The Hall–Kier alpha value is -1.22. The van der Waals surface area contributed by atoms with Crippen molar-refractivity contribution >= 4 is 5.69 Å². The summed E-state index contributed by atoms with van der Waals surface area (Å²) in [5, 5.41) is 0. The molecule has 1 saturated carbocycles. The molecule has 1 aromatic carbocycles. The number of rotatable bonds is 6. The zero-order valence-corrected chi connectivity index (χ0v) is 14.2. The highest BCUT2D eigenvalue weighted by Crippen LogP contribution is 2.52. The summed E-state index contributed by atoms with van der Waals surface area (Å²) in [7, 11) is 0. The second-order valence-corrected chi connectivity index (χ2v) is 7.44. The molecule has 1 aliphatic carbocycles. The molecule has 0 amide bonds. The summed E-state index contributed by atoms with van der Waals surface area (Å²) in [6.07, 6.45) is 4.07. The van der Waals surface area contributed by atoms with E-state index in [9.17, 15) is 0 Å². The summed E-state index contributed by atoms with van der Waals surface area (Å²) < 4.78 is 6.20. The van der Waals surface area contributed by atoms with Gasteiger partial charge < -0.3 is 10.5 Å². The SMILES string of the molecule is CCN1CCC(Oc2ccc(N)c(C3CC3CC(C)C)c2)C1. The smallest absolute Gasteiger partial charge is 0.120 e. The fourth-order valence-corrected chi connectivity index (χ4v) is 3.81. The molecule has 2 fully saturated rings. The van der Waals surface area contributed by atoms with Crippen LogP contribution < -0.4 is 10.5 Å². The van der Waals surface area contributed by atoms with Crippen LogP contribution in [0.1, 0.15) is 51.5 Å². The van der Waals surface area contributed by atoms with Crippen molar-refractivity contribution in [1.29, 1.82) is 0 Å². The Morgan fingerprint density at radius 2 is 2.18 bits per heavy atom. The number of nitrogens with two attached hydrogens (primary N) is 1. The summed E-state index contributed by atoms with van der Waals surface area (Å²) in [4.78, 5) is 2.45. The van der Waals surface area contributed by atoms with Crippen LogP contribution in [0.25, 0.3) is 0 Å². The maximum Gasteiger partial charge on any atom is 0.120 e. The van der Waals surface area contributed by atoms with Crippen LogP contribution in [-0.2, 0) is 0 Å². The van der Waals surface area contributed by atoms with Crippen molar-refractivity contribution in [1.82, 2.24) is 4.90 Å². The molecule has 1 aliphatic heterocycles. The van der Waals surface area contributed by atoms with E-state index < -0.39 is 0 Å². The highest BCUT2D eigenvalue weighted by Gasteiger charge is 2.39. The maximum atomic E-state index is 6.21. The number of anilines is 1. The fraction of sp³-hybridized carbons (Fsp3) is 0.684. The second-order valence-electron chi connectivity index (χ2n) is 7.44. The lowest BCUT2D eigenvalue weighted by Crippen LogP contribution is -2.24. The van der Waals surface area contributed by atoms with Crippen LogP contribution in [0.15, 0.2) is 18.2 Å². The molecule has 3 atom stereocenters. The van der Waals surface area contributed by atoms with Gasteiger partial charge in [-0.05, 0) is 67.3 Å². The van der Waals surface area contributed by atoms with Crippen LogP contribution in [0.5, 0.6) is 5.75 Å². The molecule has 0 aromatic heterocycles. The van der Waals surface area contributed by atoms with Crippen LogP contribution >= 0.6 is 0 Å². The summed E-state index contributed by atoms with van der Waals surface area (Å²) in [5.41, 5.74) is 8.46. The van der Waals surface area contributed by atoms with Crippen LogP contribution in [-0.4, -0.2) is 30.6 Å². The molecule has 122 valence electrons. The first kappa shape index (κ1) is 15.7.